The van der Waals surface area contributed by atoms with E-state index >= 15 is 0 Å². The van der Waals surface area contributed by atoms with Crippen LogP contribution in [0, 0.1) is 18.3 Å². The second-order valence-electron chi connectivity index (χ2n) is 13.2. The number of rotatable bonds is 5. The van der Waals surface area contributed by atoms with Gasteiger partial charge in [0.05, 0.1) is 18.7 Å². The van der Waals surface area contributed by atoms with Gasteiger partial charge in [-0.2, -0.15) is 5.26 Å². The van der Waals surface area contributed by atoms with Crippen LogP contribution >= 0.6 is 0 Å². The van der Waals surface area contributed by atoms with Gasteiger partial charge in [0.2, 0.25) is 0 Å². The van der Waals surface area contributed by atoms with E-state index in [1.54, 1.807) is 7.11 Å². The number of hydrogen-bond acceptors (Lipinski definition) is 2. The maximum absolute atomic E-state index is 9.43. The zero-order chi connectivity index (χ0) is 34.5. The van der Waals surface area contributed by atoms with Gasteiger partial charge >= 0.3 is 0 Å². The summed E-state index contributed by atoms with van der Waals surface area (Å²) in [7, 11) is 1.71. The molecule has 0 amide bonds. The molecular formula is C49H33NO. The first-order valence-electron chi connectivity index (χ1n) is 17.3. The van der Waals surface area contributed by atoms with E-state index in [1.165, 1.54) is 87.6 Å². The van der Waals surface area contributed by atoms with Crippen molar-refractivity contribution in [3.8, 4) is 56.3 Å². The summed E-state index contributed by atoms with van der Waals surface area (Å²) in [5.74, 6) is 0.852. The highest BCUT2D eigenvalue weighted by Crippen LogP contribution is 2.46. The largest absolute Gasteiger partial charge is 0.497 e. The topological polar surface area (TPSA) is 33.0 Å². The molecule has 2 heteroatoms. The first kappa shape index (κ1) is 30.4. The fourth-order valence-electron chi connectivity index (χ4n) is 7.94. The van der Waals surface area contributed by atoms with Crippen LogP contribution in [0.25, 0.3) is 87.6 Å². The summed E-state index contributed by atoms with van der Waals surface area (Å²) in [6.45, 7) is 2.17. The number of fused-ring (bicyclic) bond motifs is 4. The SMILES string of the molecule is COc1ccc(-c2c3ccccc3c(-c3ccc(-c4c5ccccc5c(-c5ccc(C#N)cc5)c5ccccc45)cc3)c3ccc(C)cc23)cc1. The summed E-state index contributed by atoms with van der Waals surface area (Å²) in [5.41, 5.74) is 11.4. The van der Waals surface area contributed by atoms with Gasteiger partial charge in [-0.05, 0) is 119 Å². The summed E-state index contributed by atoms with van der Waals surface area (Å²) in [4.78, 5) is 0. The van der Waals surface area contributed by atoms with Crippen LogP contribution in [0.4, 0.5) is 0 Å². The highest BCUT2D eigenvalue weighted by Gasteiger charge is 2.19. The molecule has 51 heavy (non-hydrogen) atoms. The Hall–Kier alpha value is -6.69. The lowest BCUT2D eigenvalue weighted by molar-refractivity contribution is 0.415. The van der Waals surface area contributed by atoms with Crippen molar-refractivity contribution in [2.24, 2.45) is 0 Å². The Kier molecular flexibility index (Phi) is 7.34. The average molecular weight is 652 g/mol. The lowest BCUT2D eigenvalue weighted by Crippen LogP contribution is -1.93. The Morgan fingerprint density at radius 3 is 1.10 bits per heavy atom. The third-order valence-corrected chi connectivity index (χ3v) is 10.3. The molecule has 0 aliphatic rings. The molecule has 9 rings (SSSR count). The first-order valence-corrected chi connectivity index (χ1v) is 17.3. The van der Waals surface area contributed by atoms with Crippen LogP contribution in [0.15, 0.2) is 164 Å². The van der Waals surface area contributed by atoms with E-state index in [-0.39, 0.29) is 0 Å². The van der Waals surface area contributed by atoms with E-state index in [2.05, 4.69) is 153 Å². The Labute approximate surface area is 297 Å². The normalized spacial score (nSPS) is 11.3. The Bertz CT molecular complexity index is 2770. The van der Waals surface area contributed by atoms with Gasteiger partial charge in [0.15, 0.2) is 0 Å². The van der Waals surface area contributed by atoms with Crippen molar-refractivity contribution in [1.82, 2.24) is 0 Å². The minimum absolute atomic E-state index is 0.662. The monoisotopic (exact) mass is 651 g/mol. The van der Waals surface area contributed by atoms with Crippen LogP contribution < -0.4 is 4.74 Å². The fourth-order valence-corrected chi connectivity index (χ4v) is 7.94. The second-order valence-corrected chi connectivity index (χ2v) is 13.2. The standard InChI is InChI=1S/C49H33NO/c1-31-15-28-44-45(29-31)49(36-24-26-37(51-2)27-25-36)43-14-8-7-13-42(43)48(44)35-22-20-34(21-23-35)47-40-11-5-3-9-38(40)46(39-10-4-6-12-41(39)47)33-18-16-32(30-50)17-19-33/h3-29H,1-2H3. The average Bonchev–Trinajstić information content (AvgIpc) is 3.19. The van der Waals surface area contributed by atoms with Gasteiger partial charge in [-0.3, -0.25) is 0 Å². The van der Waals surface area contributed by atoms with Crippen LogP contribution in [-0.2, 0) is 0 Å². The lowest BCUT2D eigenvalue weighted by atomic mass is 9.84. The highest BCUT2D eigenvalue weighted by atomic mass is 16.5. The van der Waals surface area contributed by atoms with Crippen molar-refractivity contribution >= 4 is 43.1 Å². The molecule has 0 saturated carbocycles. The molecule has 0 aromatic heterocycles. The van der Waals surface area contributed by atoms with Gasteiger partial charge in [0.1, 0.15) is 5.75 Å². The van der Waals surface area contributed by atoms with Crippen LogP contribution in [0.3, 0.4) is 0 Å². The number of hydrogen-bond donors (Lipinski definition) is 0. The van der Waals surface area contributed by atoms with E-state index in [4.69, 9.17) is 4.74 Å². The summed E-state index contributed by atoms with van der Waals surface area (Å²) >= 11 is 0. The Morgan fingerprint density at radius 1 is 0.392 bits per heavy atom. The number of benzene rings is 9. The lowest BCUT2D eigenvalue weighted by Gasteiger charge is -2.19. The summed E-state index contributed by atoms with van der Waals surface area (Å²) in [6.07, 6.45) is 0. The van der Waals surface area contributed by atoms with Gasteiger partial charge in [-0.15, -0.1) is 0 Å². The maximum atomic E-state index is 9.43. The fraction of sp³-hybridized carbons (Fsp3) is 0.0408. The first-order chi connectivity index (χ1) is 25.1. The molecule has 0 saturated heterocycles. The molecule has 0 aliphatic heterocycles. The molecule has 9 aromatic carbocycles. The Morgan fingerprint density at radius 2 is 0.725 bits per heavy atom. The maximum Gasteiger partial charge on any atom is 0.118 e. The van der Waals surface area contributed by atoms with E-state index in [9.17, 15) is 5.26 Å². The van der Waals surface area contributed by atoms with Crippen LogP contribution in [0.1, 0.15) is 11.1 Å². The quantitative estimate of drug-likeness (QED) is 0.174. The molecule has 0 radical (unpaired) electrons. The van der Waals surface area contributed by atoms with Crippen molar-refractivity contribution in [3.63, 3.8) is 0 Å². The number of aryl methyl sites for hydroxylation is 1. The van der Waals surface area contributed by atoms with Gasteiger partial charge in [-0.1, -0.05) is 145 Å². The molecule has 0 aliphatic carbocycles. The molecule has 0 spiro atoms. The zero-order valence-electron chi connectivity index (χ0n) is 28.4. The third kappa shape index (κ3) is 5.02. The number of methoxy groups -OCH3 is 1. The van der Waals surface area contributed by atoms with Crippen LogP contribution in [0.2, 0.25) is 0 Å². The van der Waals surface area contributed by atoms with Crippen molar-refractivity contribution in [2.45, 2.75) is 6.92 Å². The van der Waals surface area contributed by atoms with Crippen molar-refractivity contribution in [3.05, 3.63) is 175 Å². The summed E-state index contributed by atoms with van der Waals surface area (Å²) in [6, 6.07) is 60.8. The minimum Gasteiger partial charge on any atom is -0.497 e. The van der Waals surface area contributed by atoms with E-state index in [0.717, 1.165) is 11.3 Å². The van der Waals surface area contributed by atoms with Gasteiger partial charge < -0.3 is 4.74 Å². The van der Waals surface area contributed by atoms with Crippen LogP contribution in [0.5, 0.6) is 5.75 Å². The third-order valence-electron chi connectivity index (χ3n) is 10.3. The molecule has 0 unspecified atom stereocenters. The molecule has 2 nitrogen and oxygen atoms in total. The number of nitriles is 1. The molecule has 0 heterocycles. The number of nitrogens with zero attached hydrogens (tertiary/aromatic N) is 1. The molecule has 0 N–H and O–H groups in total. The smallest absolute Gasteiger partial charge is 0.118 e. The molecular weight excluding hydrogens is 619 g/mol. The second kappa shape index (κ2) is 12.3. The summed E-state index contributed by atoms with van der Waals surface area (Å²) < 4.78 is 5.49. The highest BCUT2D eigenvalue weighted by molar-refractivity contribution is 6.23. The zero-order valence-corrected chi connectivity index (χ0v) is 28.4. The minimum atomic E-state index is 0.662. The molecule has 9 aromatic rings. The van der Waals surface area contributed by atoms with E-state index in [0.29, 0.717) is 5.56 Å². The molecule has 240 valence electrons. The summed E-state index contributed by atoms with van der Waals surface area (Å²) in [5, 5.41) is 19.2. The van der Waals surface area contributed by atoms with Gasteiger partial charge in [-0.25, -0.2) is 0 Å². The predicted molar refractivity (Wildman–Crippen MR) is 214 cm³/mol. The molecule has 0 atom stereocenters. The van der Waals surface area contributed by atoms with Crippen molar-refractivity contribution < 1.29 is 4.74 Å². The predicted octanol–water partition coefficient (Wildman–Crippen LogP) is 13.2. The van der Waals surface area contributed by atoms with Crippen molar-refractivity contribution in [2.75, 3.05) is 7.11 Å². The van der Waals surface area contributed by atoms with Gasteiger partial charge in [0.25, 0.3) is 0 Å². The van der Waals surface area contributed by atoms with Gasteiger partial charge in [0, 0.05) is 0 Å². The van der Waals surface area contributed by atoms with Crippen molar-refractivity contribution in [1.29, 1.82) is 5.26 Å². The van der Waals surface area contributed by atoms with E-state index in [1.807, 2.05) is 24.3 Å². The Balaban J connectivity index is 1.26. The van der Waals surface area contributed by atoms with Crippen LogP contribution in [-0.4, -0.2) is 7.11 Å². The molecule has 0 bridgehead atoms. The van der Waals surface area contributed by atoms with E-state index < -0.39 is 0 Å². The molecule has 0 fully saturated rings. The number of ether oxygens (including phenoxy) is 1.